The van der Waals surface area contributed by atoms with E-state index in [-0.39, 0.29) is 12.6 Å². The van der Waals surface area contributed by atoms with E-state index in [1.165, 1.54) is 77.7 Å². The molecule has 144 valence electrons. The Morgan fingerprint density at radius 2 is 1.21 bits per heavy atom. The van der Waals surface area contributed by atoms with E-state index in [2.05, 4.69) is 23.8 Å². The number of aliphatic hydroxyl groups is 1. The van der Waals surface area contributed by atoms with Gasteiger partial charge in [-0.3, -0.25) is 4.79 Å². The molecule has 0 atom stereocenters. The Hall–Kier alpha value is -0.830. The quantitative estimate of drug-likeness (QED) is 0.219. The van der Waals surface area contributed by atoms with Crippen molar-refractivity contribution in [2.45, 2.75) is 104 Å². The molecule has 0 saturated carbocycles. The number of unbranched alkanes of at least 4 members (excludes halogenated alkanes) is 11. The number of carbonyl (C=O) groups excluding carboxylic acids is 1. The van der Waals surface area contributed by atoms with E-state index in [1.54, 1.807) is 6.92 Å². The molecule has 24 heavy (non-hydrogen) atoms. The van der Waals surface area contributed by atoms with Crippen LogP contribution >= 0.6 is 0 Å². The average Bonchev–Trinajstić information content (AvgIpc) is 2.58. The Morgan fingerprint density at radius 3 is 1.67 bits per heavy atom. The second-order valence-electron chi connectivity index (χ2n) is 6.23. The summed E-state index contributed by atoms with van der Waals surface area (Å²) in [6.45, 7) is 4.20. The summed E-state index contributed by atoms with van der Waals surface area (Å²) >= 11 is 0. The molecule has 0 spiro atoms. The predicted octanol–water partition coefficient (Wildman–Crippen LogP) is 6.20. The molecule has 0 unspecified atom stereocenters. The van der Waals surface area contributed by atoms with Crippen LogP contribution in [0.3, 0.4) is 0 Å². The Balaban J connectivity index is 0. The van der Waals surface area contributed by atoms with Gasteiger partial charge in [0.2, 0.25) is 0 Å². The Bertz CT molecular complexity index is 262. The summed E-state index contributed by atoms with van der Waals surface area (Å²) in [6.07, 6.45) is 22.0. The lowest BCUT2D eigenvalue weighted by Crippen LogP contribution is -1.98. The summed E-state index contributed by atoms with van der Waals surface area (Å²) in [7, 11) is 1.46. The van der Waals surface area contributed by atoms with Crippen LogP contribution in [0.2, 0.25) is 0 Å². The summed E-state index contributed by atoms with van der Waals surface area (Å²) in [5.74, 6) is -0.0763. The van der Waals surface area contributed by atoms with Gasteiger partial charge < -0.3 is 9.84 Å². The summed E-state index contributed by atoms with van der Waals surface area (Å²) in [5.41, 5.74) is 0. The van der Waals surface area contributed by atoms with Crippen molar-refractivity contribution >= 4 is 5.97 Å². The van der Waals surface area contributed by atoms with E-state index in [0.29, 0.717) is 6.42 Å². The zero-order valence-corrected chi connectivity index (χ0v) is 16.5. The van der Waals surface area contributed by atoms with Crippen LogP contribution in [0.5, 0.6) is 0 Å². The summed E-state index contributed by atoms with van der Waals surface area (Å²) in [4.78, 5) is 10.9. The molecule has 1 N–H and O–H groups in total. The van der Waals surface area contributed by atoms with Gasteiger partial charge >= 0.3 is 5.97 Å². The minimum absolute atomic E-state index is 0.0763. The minimum atomic E-state index is -0.0763. The van der Waals surface area contributed by atoms with E-state index in [9.17, 15) is 4.79 Å². The van der Waals surface area contributed by atoms with Gasteiger partial charge in [-0.1, -0.05) is 70.4 Å². The van der Waals surface area contributed by atoms with Gasteiger partial charge in [0, 0.05) is 13.0 Å². The number of methoxy groups -OCH3 is 1. The maximum Gasteiger partial charge on any atom is 0.305 e. The molecule has 0 heterocycles. The first-order valence-corrected chi connectivity index (χ1v) is 10.1. The molecule has 3 nitrogen and oxygen atoms in total. The minimum Gasteiger partial charge on any atom is -0.469 e. The summed E-state index contributed by atoms with van der Waals surface area (Å²) in [6, 6.07) is 0. The maximum absolute atomic E-state index is 10.9. The van der Waals surface area contributed by atoms with Gasteiger partial charge in [-0.15, -0.1) is 0 Å². The van der Waals surface area contributed by atoms with Crippen LogP contribution < -0.4 is 0 Å². The zero-order valence-electron chi connectivity index (χ0n) is 16.5. The fraction of sp³-hybridized carbons (Fsp3) is 0.857. The number of hydrogen-bond donors (Lipinski definition) is 1. The number of hydrogen-bond acceptors (Lipinski definition) is 3. The molecule has 0 saturated heterocycles. The van der Waals surface area contributed by atoms with Crippen molar-refractivity contribution in [1.29, 1.82) is 0 Å². The van der Waals surface area contributed by atoms with Crippen molar-refractivity contribution in [2.24, 2.45) is 0 Å². The zero-order chi connectivity index (χ0) is 18.3. The number of aliphatic hydroxyl groups excluding tert-OH is 1. The van der Waals surface area contributed by atoms with Crippen LogP contribution in [-0.4, -0.2) is 24.8 Å². The van der Waals surface area contributed by atoms with Crippen LogP contribution in [0.4, 0.5) is 0 Å². The lowest BCUT2D eigenvalue weighted by atomic mass is 10.1. The second kappa shape index (κ2) is 24.4. The van der Waals surface area contributed by atoms with E-state index in [4.69, 9.17) is 5.11 Å². The van der Waals surface area contributed by atoms with Crippen LogP contribution in [0.15, 0.2) is 12.2 Å². The Kier molecular flexibility index (Phi) is 25.9. The molecule has 0 aliphatic heterocycles. The van der Waals surface area contributed by atoms with Gasteiger partial charge in [-0.2, -0.15) is 0 Å². The van der Waals surface area contributed by atoms with E-state index >= 15 is 0 Å². The average molecular weight is 343 g/mol. The van der Waals surface area contributed by atoms with Crippen molar-refractivity contribution in [2.75, 3.05) is 13.7 Å². The molecule has 0 aliphatic rings. The largest absolute Gasteiger partial charge is 0.469 e. The molecule has 0 bridgehead atoms. The molecular formula is C21H42O3. The third-order valence-electron chi connectivity index (χ3n) is 3.87. The number of rotatable bonds is 15. The van der Waals surface area contributed by atoms with Gasteiger partial charge in [0.15, 0.2) is 0 Å². The van der Waals surface area contributed by atoms with Crippen molar-refractivity contribution in [3.63, 3.8) is 0 Å². The Labute approximate surface area is 150 Å². The van der Waals surface area contributed by atoms with Crippen molar-refractivity contribution in [3.05, 3.63) is 12.2 Å². The number of ether oxygens (including phenoxy) is 1. The standard InChI is InChI=1S/C19H36O2.C2H6O/c1-3-4-5-6-7-8-9-10-11-12-13-14-15-16-17-18-19(20)21-2;1-2-3/h10-11H,3-9,12-18H2,1-2H3;3H,2H2,1H3/b11-10-;. The highest BCUT2D eigenvalue weighted by Crippen LogP contribution is 2.10. The molecule has 0 rings (SSSR count). The van der Waals surface area contributed by atoms with Gasteiger partial charge in [-0.25, -0.2) is 0 Å². The topological polar surface area (TPSA) is 46.5 Å². The fourth-order valence-corrected chi connectivity index (χ4v) is 2.44. The number of allylic oxidation sites excluding steroid dienone is 2. The van der Waals surface area contributed by atoms with Crippen molar-refractivity contribution in [3.8, 4) is 0 Å². The van der Waals surface area contributed by atoms with Crippen LogP contribution in [0.25, 0.3) is 0 Å². The van der Waals surface area contributed by atoms with Gasteiger partial charge in [0.05, 0.1) is 7.11 Å². The molecule has 0 aromatic rings. The fourth-order valence-electron chi connectivity index (χ4n) is 2.44. The monoisotopic (exact) mass is 342 g/mol. The molecule has 0 fully saturated rings. The summed E-state index contributed by atoms with van der Waals surface area (Å²) in [5, 5.41) is 7.57. The van der Waals surface area contributed by atoms with Gasteiger partial charge in [0.25, 0.3) is 0 Å². The lowest BCUT2D eigenvalue weighted by Gasteiger charge is -2.00. The molecule has 3 heteroatoms. The smallest absolute Gasteiger partial charge is 0.305 e. The van der Waals surface area contributed by atoms with Crippen molar-refractivity contribution in [1.82, 2.24) is 0 Å². The molecule has 0 aliphatic carbocycles. The van der Waals surface area contributed by atoms with Gasteiger partial charge in [-0.05, 0) is 39.0 Å². The number of carbonyl (C=O) groups is 1. The molecule has 0 aromatic heterocycles. The third-order valence-corrected chi connectivity index (χ3v) is 3.87. The Morgan fingerprint density at radius 1 is 0.792 bits per heavy atom. The van der Waals surface area contributed by atoms with Crippen LogP contribution in [-0.2, 0) is 9.53 Å². The summed E-state index contributed by atoms with van der Waals surface area (Å²) < 4.78 is 4.62. The molecule has 0 aromatic carbocycles. The van der Waals surface area contributed by atoms with Crippen molar-refractivity contribution < 1.29 is 14.6 Å². The SMILES string of the molecule is CCCCCCCC/C=C\CCCCCCCC(=O)OC.CCO. The highest BCUT2D eigenvalue weighted by Gasteiger charge is 1.98. The first kappa shape index (κ1) is 25.4. The molecule has 0 amide bonds. The third kappa shape index (κ3) is 26.1. The van der Waals surface area contributed by atoms with E-state index in [1.807, 2.05) is 0 Å². The van der Waals surface area contributed by atoms with E-state index in [0.717, 1.165) is 12.8 Å². The second-order valence-corrected chi connectivity index (χ2v) is 6.23. The maximum atomic E-state index is 10.9. The highest BCUT2D eigenvalue weighted by molar-refractivity contribution is 5.68. The molecular weight excluding hydrogens is 300 g/mol. The normalized spacial score (nSPS) is 10.5. The first-order chi connectivity index (χ1) is 11.7. The molecule has 0 radical (unpaired) electrons. The number of esters is 1. The lowest BCUT2D eigenvalue weighted by molar-refractivity contribution is -0.140. The predicted molar refractivity (Wildman–Crippen MR) is 104 cm³/mol. The van der Waals surface area contributed by atoms with Crippen LogP contribution in [0, 0.1) is 0 Å². The van der Waals surface area contributed by atoms with Gasteiger partial charge in [0.1, 0.15) is 0 Å². The van der Waals surface area contributed by atoms with Crippen LogP contribution in [0.1, 0.15) is 104 Å². The first-order valence-electron chi connectivity index (χ1n) is 10.1. The highest BCUT2D eigenvalue weighted by atomic mass is 16.5. The van der Waals surface area contributed by atoms with E-state index < -0.39 is 0 Å².